The number of carbonyl (C=O) groups is 2. The largest absolute Gasteiger partial charge is 0.356 e. The zero-order valence-electron chi connectivity index (χ0n) is 24.4. The van der Waals surface area contributed by atoms with Crippen molar-refractivity contribution in [1.29, 1.82) is 0 Å². The number of carbonyl (C=O) groups excluding carboxylic acids is 2. The van der Waals surface area contributed by atoms with Gasteiger partial charge in [0.05, 0.1) is 21.9 Å². The van der Waals surface area contributed by atoms with Gasteiger partial charge in [-0.2, -0.15) is 0 Å². The first kappa shape index (κ1) is 28.7. The van der Waals surface area contributed by atoms with Crippen LogP contribution < -0.4 is 20.9 Å². The van der Waals surface area contributed by atoms with Crippen LogP contribution in [0.15, 0.2) is 72.9 Å². The van der Waals surface area contributed by atoms with Crippen molar-refractivity contribution in [3.8, 4) is 11.3 Å². The molecule has 3 heterocycles. The number of nitrogens with one attached hydrogen (secondary N) is 4. The molecule has 1 aromatic heterocycles. The van der Waals surface area contributed by atoms with Crippen molar-refractivity contribution in [2.24, 2.45) is 0 Å². The quantitative estimate of drug-likeness (QED) is 0.113. The second-order valence-corrected chi connectivity index (χ2v) is 11.0. The molecule has 11 nitrogen and oxygen atoms in total. The minimum Gasteiger partial charge on any atom is -0.356 e. The summed E-state index contributed by atoms with van der Waals surface area (Å²) in [6.07, 6.45) is 6.17. The highest BCUT2D eigenvalue weighted by Crippen LogP contribution is 2.39. The van der Waals surface area contributed by atoms with Crippen LogP contribution >= 0.6 is 0 Å². The molecule has 6 rings (SSSR count). The van der Waals surface area contributed by atoms with E-state index >= 15 is 0 Å². The molecule has 3 aromatic carbocycles. The third kappa shape index (κ3) is 6.17. The maximum atomic E-state index is 13.3. The molecule has 0 bridgehead atoms. The number of amides is 2. The summed E-state index contributed by atoms with van der Waals surface area (Å²) < 4.78 is 0. The van der Waals surface area contributed by atoms with E-state index in [1.165, 1.54) is 38.3 Å². The molecule has 4 aromatic rings. The van der Waals surface area contributed by atoms with E-state index in [0.29, 0.717) is 35.5 Å². The van der Waals surface area contributed by atoms with Gasteiger partial charge >= 0.3 is 0 Å². The van der Waals surface area contributed by atoms with Gasteiger partial charge in [0, 0.05) is 67.4 Å². The van der Waals surface area contributed by atoms with Gasteiger partial charge in [0.2, 0.25) is 11.9 Å². The van der Waals surface area contributed by atoms with Gasteiger partial charge in [0.25, 0.3) is 11.6 Å². The van der Waals surface area contributed by atoms with Crippen LogP contribution in [0, 0.1) is 10.1 Å². The van der Waals surface area contributed by atoms with Gasteiger partial charge in [-0.15, -0.1) is 0 Å². The Morgan fingerprint density at radius 2 is 1.77 bits per heavy atom. The van der Waals surface area contributed by atoms with Crippen LogP contribution in [0.4, 0.5) is 23.0 Å². The van der Waals surface area contributed by atoms with Gasteiger partial charge in [0.1, 0.15) is 0 Å². The van der Waals surface area contributed by atoms with Crippen molar-refractivity contribution >= 4 is 46.1 Å². The number of fused-ring (bicyclic) bond motifs is 1. The van der Waals surface area contributed by atoms with E-state index in [0.717, 1.165) is 47.1 Å². The van der Waals surface area contributed by atoms with E-state index in [2.05, 4.69) is 25.8 Å². The fraction of sp³-hybridized carbons (Fsp3) is 0.242. The summed E-state index contributed by atoms with van der Waals surface area (Å²) >= 11 is 0. The van der Waals surface area contributed by atoms with E-state index in [-0.39, 0.29) is 17.5 Å². The van der Waals surface area contributed by atoms with Gasteiger partial charge in [-0.3, -0.25) is 19.7 Å². The number of non-ortho nitro benzene ring substituents is 1. The van der Waals surface area contributed by atoms with Crippen molar-refractivity contribution in [2.75, 3.05) is 35.2 Å². The molecule has 0 atom stereocenters. The molecule has 2 aliphatic rings. The lowest BCUT2D eigenvalue weighted by molar-refractivity contribution is -0.384. The minimum absolute atomic E-state index is 0.0846. The van der Waals surface area contributed by atoms with E-state index < -0.39 is 4.92 Å². The van der Waals surface area contributed by atoms with Crippen LogP contribution in [0.1, 0.15) is 42.9 Å². The van der Waals surface area contributed by atoms with E-state index in [1.807, 2.05) is 54.7 Å². The monoisotopic (exact) mass is 591 g/mol. The normalized spacial score (nSPS) is 15.4. The van der Waals surface area contributed by atoms with Crippen LogP contribution in [0.3, 0.4) is 0 Å². The Hall–Kier alpha value is -5.45. The fourth-order valence-corrected chi connectivity index (χ4v) is 5.61. The fourth-order valence-electron chi connectivity index (χ4n) is 5.61. The van der Waals surface area contributed by atoms with Crippen LogP contribution in [0.25, 0.3) is 22.5 Å². The lowest BCUT2D eigenvalue weighted by atomic mass is 9.98. The smallest absolute Gasteiger partial charge is 0.270 e. The number of rotatable bonds is 9. The van der Waals surface area contributed by atoms with Crippen molar-refractivity contribution in [1.82, 2.24) is 15.3 Å². The summed E-state index contributed by atoms with van der Waals surface area (Å²) in [5.74, 6) is 0.448. The highest BCUT2D eigenvalue weighted by molar-refractivity contribution is 6.37. The van der Waals surface area contributed by atoms with Gasteiger partial charge in [-0.25, -0.2) is 4.98 Å². The second-order valence-electron chi connectivity index (χ2n) is 11.0. The predicted molar refractivity (Wildman–Crippen MR) is 171 cm³/mol. The summed E-state index contributed by atoms with van der Waals surface area (Å²) in [6, 6.07) is 19.8. The molecule has 0 radical (unpaired) electrons. The first-order valence-corrected chi connectivity index (χ1v) is 14.7. The molecule has 4 N–H and O–H groups in total. The second kappa shape index (κ2) is 12.4. The lowest BCUT2D eigenvalue weighted by Crippen LogP contribution is -2.30. The molecule has 1 saturated heterocycles. The number of nitrogens with zero attached hydrogens (tertiary/aromatic N) is 3. The number of nitro groups is 1. The van der Waals surface area contributed by atoms with Crippen molar-refractivity contribution in [2.45, 2.75) is 32.6 Å². The number of hydrogen-bond acceptors (Lipinski definition) is 7. The summed E-state index contributed by atoms with van der Waals surface area (Å²) in [7, 11) is 0. The van der Waals surface area contributed by atoms with E-state index in [9.17, 15) is 19.7 Å². The molecule has 0 saturated carbocycles. The number of imidazole rings is 1. The van der Waals surface area contributed by atoms with Crippen molar-refractivity contribution < 1.29 is 14.5 Å². The van der Waals surface area contributed by atoms with E-state index in [1.54, 1.807) is 6.07 Å². The molecule has 11 heteroatoms. The Balaban J connectivity index is 1.32. The highest BCUT2D eigenvalue weighted by atomic mass is 16.6. The molecule has 0 spiro atoms. The number of hydrogen-bond donors (Lipinski definition) is 4. The van der Waals surface area contributed by atoms with Crippen LogP contribution in [0.2, 0.25) is 0 Å². The molecular weight excluding hydrogens is 558 g/mol. The molecule has 2 amide bonds. The molecule has 2 aliphatic heterocycles. The minimum atomic E-state index is -0.470. The third-order valence-electron chi connectivity index (χ3n) is 7.91. The maximum absolute atomic E-state index is 13.3. The number of benzene rings is 3. The highest BCUT2D eigenvalue weighted by Gasteiger charge is 2.30. The summed E-state index contributed by atoms with van der Waals surface area (Å²) in [5.41, 5.74) is 6.01. The Bertz CT molecular complexity index is 1740. The third-order valence-corrected chi connectivity index (χ3v) is 7.91. The Morgan fingerprint density at radius 1 is 1.02 bits per heavy atom. The number of piperidine rings is 1. The Kier molecular flexibility index (Phi) is 8.09. The number of anilines is 3. The van der Waals surface area contributed by atoms with E-state index in [4.69, 9.17) is 4.98 Å². The summed E-state index contributed by atoms with van der Waals surface area (Å²) in [4.78, 5) is 46.1. The Morgan fingerprint density at radius 3 is 2.48 bits per heavy atom. The van der Waals surface area contributed by atoms with Crippen molar-refractivity contribution in [3.63, 3.8) is 0 Å². The zero-order chi connectivity index (χ0) is 30.6. The van der Waals surface area contributed by atoms with Crippen LogP contribution in [0.5, 0.6) is 0 Å². The maximum Gasteiger partial charge on any atom is 0.270 e. The topological polar surface area (TPSA) is 145 Å². The molecule has 224 valence electrons. The average molecular weight is 592 g/mol. The average Bonchev–Trinajstić information content (AvgIpc) is 3.65. The first-order chi connectivity index (χ1) is 21.4. The van der Waals surface area contributed by atoms with Crippen LogP contribution in [-0.4, -0.2) is 46.3 Å². The molecule has 1 fully saturated rings. The molecule has 0 unspecified atom stereocenters. The van der Waals surface area contributed by atoms with Gasteiger partial charge in [0.15, 0.2) is 0 Å². The SMILES string of the molecule is CC(=O)NCCc1ccc(C(Nc2ccc(-c3c[nH]c(N4CCCCC4)n3)cc2)=C2C(=O)Nc3ccc([N+](=O)[O-])cc32)cc1. The number of aromatic nitrogens is 2. The van der Waals surface area contributed by atoms with Crippen LogP contribution in [-0.2, 0) is 16.0 Å². The van der Waals surface area contributed by atoms with Gasteiger partial charge < -0.3 is 25.8 Å². The summed E-state index contributed by atoms with van der Waals surface area (Å²) in [6.45, 7) is 4.01. The molecular formula is C33H33N7O4. The molecule has 0 aliphatic carbocycles. The number of nitro benzene ring substituents is 1. The van der Waals surface area contributed by atoms with Gasteiger partial charge in [-0.05, 0) is 55.0 Å². The standard InChI is InChI=1S/C33H33N7O4/c1-21(41)34-16-15-22-5-7-24(8-6-22)31(30-27-19-26(40(43)44)13-14-28(27)37-32(30)42)36-25-11-9-23(10-12-25)29-20-35-33(38-29)39-17-3-2-4-18-39/h5-14,19-20,36H,2-4,15-18H2,1H3,(H,34,41)(H,35,38)(H,37,42). The first-order valence-electron chi connectivity index (χ1n) is 14.7. The number of H-pyrrole nitrogens is 1. The summed E-state index contributed by atoms with van der Waals surface area (Å²) in [5, 5.41) is 20.6. The van der Waals surface area contributed by atoms with Crippen molar-refractivity contribution in [3.05, 3.63) is 99.7 Å². The lowest BCUT2D eigenvalue weighted by Gasteiger charge is -2.25. The zero-order valence-corrected chi connectivity index (χ0v) is 24.4. The predicted octanol–water partition coefficient (Wildman–Crippen LogP) is 5.59. The molecule has 44 heavy (non-hydrogen) atoms. The Labute approximate surface area is 254 Å². The van der Waals surface area contributed by atoms with Gasteiger partial charge in [-0.1, -0.05) is 36.4 Å². The number of aromatic amines is 1.